The van der Waals surface area contributed by atoms with Gasteiger partial charge < -0.3 is 10.3 Å². The minimum absolute atomic E-state index is 0.186. The number of benzene rings is 1. The Hall–Kier alpha value is -2.77. The van der Waals surface area contributed by atoms with Crippen LogP contribution in [0.15, 0.2) is 42.6 Å². The Balaban J connectivity index is 1.73. The molecular formula is C16H11BF3N3O. The summed E-state index contributed by atoms with van der Waals surface area (Å²) in [6, 6.07) is 8.91. The molecule has 3 aromatic rings. The summed E-state index contributed by atoms with van der Waals surface area (Å²) in [5.41, 5.74) is 0.940. The highest BCUT2D eigenvalue weighted by molar-refractivity contribution is 6.30. The fourth-order valence-corrected chi connectivity index (χ4v) is 2.27. The van der Waals surface area contributed by atoms with E-state index in [9.17, 15) is 18.0 Å². The first-order valence-electron chi connectivity index (χ1n) is 7.01. The Bertz CT molecular complexity index is 888. The minimum Gasteiger partial charge on any atom is -0.351 e. The number of pyridine rings is 1. The van der Waals surface area contributed by atoms with Gasteiger partial charge in [0.1, 0.15) is 13.5 Å². The molecule has 2 radical (unpaired) electrons. The van der Waals surface area contributed by atoms with Gasteiger partial charge in [0.15, 0.2) is 0 Å². The summed E-state index contributed by atoms with van der Waals surface area (Å²) in [5.74, 6) is -0.340. The molecule has 0 unspecified atom stereocenters. The van der Waals surface area contributed by atoms with Gasteiger partial charge in [0.25, 0.3) is 5.91 Å². The molecule has 0 aliphatic carbocycles. The molecule has 4 nitrogen and oxygen atoms in total. The molecule has 0 atom stereocenters. The molecule has 2 aromatic heterocycles. The smallest absolute Gasteiger partial charge is 0.351 e. The van der Waals surface area contributed by atoms with Crippen LogP contribution in [-0.2, 0) is 12.7 Å². The molecular weight excluding hydrogens is 318 g/mol. The molecule has 1 aromatic carbocycles. The normalized spacial score (nSPS) is 11.6. The number of nitrogens with one attached hydrogen (secondary N) is 2. The first-order chi connectivity index (χ1) is 11.3. The maximum absolute atomic E-state index is 12.7. The molecule has 0 spiro atoms. The van der Waals surface area contributed by atoms with E-state index in [0.29, 0.717) is 27.6 Å². The van der Waals surface area contributed by atoms with Crippen molar-refractivity contribution in [1.29, 1.82) is 0 Å². The summed E-state index contributed by atoms with van der Waals surface area (Å²) in [5, 5.41) is 3.12. The van der Waals surface area contributed by atoms with Crippen molar-refractivity contribution in [2.75, 3.05) is 0 Å². The average molecular weight is 329 g/mol. The molecule has 0 saturated carbocycles. The van der Waals surface area contributed by atoms with Crippen LogP contribution < -0.4 is 10.9 Å². The molecule has 2 N–H and O–H groups in total. The van der Waals surface area contributed by atoms with Crippen LogP contribution in [0.2, 0.25) is 0 Å². The Morgan fingerprint density at radius 3 is 2.67 bits per heavy atom. The lowest BCUT2D eigenvalue weighted by atomic mass is 10.0. The molecule has 120 valence electrons. The largest absolute Gasteiger partial charge is 0.431 e. The van der Waals surface area contributed by atoms with Crippen molar-refractivity contribution in [1.82, 2.24) is 15.3 Å². The molecule has 0 aliphatic heterocycles. The van der Waals surface area contributed by atoms with Crippen molar-refractivity contribution in [3.05, 3.63) is 59.4 Å². The van der Waals surface area contributed by atoms with E-state index in [-0.39, 0.29) is 12.5 Å². The third kappa shape index (κ3) is 3.42. The van der Waals surface area contributed by atoms with Crippen LogP contribution in [0.3, 0.4) is 0 Å². The van der Waals surface area contributed by atoms with Gasteiger partial charge in [-0.05, 0) is 35.4 Å². The number of carbonyl (C=O) groups is 1. The van der Waals surface area contributed by atoms with Gasteiger partial charge in [-0.15, -0.1) is 0 Å². The molecule has 2 heterocycles. The monoisotopic (exact) mass is 329 g/mol. The van der Waals surface area contributed by atoms with Crippen LogP contribution >= 0.6 is 0 Å². The van der Waals surface area contributed by atoms with Gasteiger partial charge in [-0.1, -0.05) is 12.1 Å². The number of hydrogen-bond acceptors (Lipinski definition) is 2. The van der Waals surface area contributed by atoms with E-state index in [0.717, 1.165) is 6.07 Å². The van der Waals surface area contributed by atoms with Gasteiger partial charge in [0, 0.05) is 23.6 Å². The van der Waals surface area contributed by atoms with E-state index in [1.807, 2.05) is 0 Å². The highest BCUT2D eigenvalue weighted by atomic mass is 19.4. The third-order valence-electron chi connectivity index (χ3n) is 3.49. The number of carbonyl (C=O) groups excluding carboxylic acids is 1. The number of rotatable bonds is 3. The minimum atomic E-state index is -4.42. The lowest BCUT2D eigenvalue weighted by molar-refractivity contribution is -0.140. The van der Waals surface area contributed by atoms with Gasteiger partial charge in [0.05, 0.1) is 5.56 Å². The van der Waals surface area contributed by atoms with Gasteiger partial charge in [-0.25, -0.2) is 0 Å². The lowest BCUT2D eigenvalue weighted by Gasteiger charge is -2.06. The number of nitrogens with zero attached hydrogens (tertiary/aromatic N) is 1. The zero-order valence-corrected chi connectivity index (χ0v) is 12.3. The molecule has 0 aliphatic rings. The number of H-pyrrole nitrogens is 1. The number of halogens is 3. The van der Waals surface area contributed by atoms with Crippen LogP contribution in [0.25, 0.3) is 10.9 Å². The van der Waals surface area contributed by atoms with E-state index in [1.165, 1.54) is 12.3 Å². The van der Waals surface area contributed by atoms with Crippen molar-refractivity contribution in [3.8, 4) is 0 Å². The quantitative estimate of drug-likeness (QED) is 0.725. The number of amides is 1. The second-order valence-corrected chi connectivity index (χ2v) is 5.26. The molecule has 24 heavy (non-hydrogen) atoms. The Morgan fingerprint density at radius 2 is 2.00 bits per heavy atom. The molecule has 0 saturated heterocycles. The number of fused-ring (bicyclic) bond motifs is 1. The van der Waals surface area contributed by atoms with E-state index in [2.05, 4.69) is 15.3 Å². The van der Waals surface area contributed by atoms with Crippen molar-refractivity contribution >= 4 is 30.2 Å². The number of aromatic nitrogens is 2. The van der Waals surface area contributed by atoms with Crippen molar-refractivity contribution in [2.24, 2.45) is 0 Å². The van der Waals surface area contributed by atoms with Gasteiger partial charge >= 0.3 is 6.18 Å². The summed E-state index contributed by atoms with van der Waals surface area (Å²) in [6.07, 6.45) is -3.06. The highest BCUT2D eigenvalue weighted by Gasteiger charge is 2.32. The van der Waals surface area contributed by atoms with E-state index >= 15 is 0 Å². The third-order valence-corrected chi connectivity index (χ3v) is 3.49. The first-order valence-corrected chi connectivity index (χ1v) is 7.01. The summed E-state index contributed by atoms with van der Waals surface area (Å²) >= 11 is 0. The van der Waals surface area contributed by atoms with Crippen molar-refractivity contribution in [3.63, 3.8) is 0 Å². The molecule has 0 bridgehead atoms. The molecule has 8 heteroatoms. The lowest BCUT2D eigenvalue weighted by Crippen LogP contribution is -2.23. The van der Waals surface area contributed by atoms with E-state index in [1.54, 1.807) is 24.3 Å². The Kier molecular flexibility index (Phi) is 4.05. The fourth-order valence-electron chi connectivity index (χ4n) is 2.27. The number of hydrogen-bond donors (Lipinski definition) is 2. The van der Waals surface area contributed by atoms with Crippen LogP contribution in [0.5, 0.6) is 0 Å². The maximum atomic E-state index is 12.7. The topological polar surface area (TPSA) is 57.8 Å². The van der Waals surface area contributed by atoms with E-state index in [4.69, 9.17) is 7.85 Å². The summed E-state index contributed by atoms with van der Waals surface area (Å²) in [4.78, 5) is 18.1. The summed E-state index contributed by atoms with van der Waals surface area (Å²) in [6.45, 7) is 0.186. The standard InChI is InChI=1S/C16H11BF3N3O/c17-14-4-2-10(8-21-14)15(24)22-7-9-1-3-12-11(5-9)6-13(23-12)16(18,19)20/h1-6,8,23H,7H2,(H,22,24). The van der Waals surface area contributed by atoms with E-state index < -0.39 is 11.9 Å². The summed E-state index contributed by atoms with van der Waals surface area (Å²) < 4.78 is 38.1. The number of alkyl halides is 3. The average Bonchev–Trinajstić information content (AvgIpc) is 2.97. The van der Waals surface area contributed by atoms with Crippen molar-refractivity contribution < 1.29 is 18.0 Å². The van der Waals surface area contributed by atoms with Gasteiger partial charge in [-0.3, -0.25) is 9.78 Å². The Labute approximate surface area is 136 Å². The molecule has 0 fully saturated rings. The zero-order chi connectivity index (χ0) is 17.3. The molecule has 3 rings (SSSR count). The first kappa shape index (κ1) is 16.1. The summed E-state index contributed by atoms with van der Waals surface area (Å²) in [7, 11) is 5.45. The van der Waals surface area contributed by atoms with Crippen LogP contribution in [0.1, 0.15) is 21.6 Å². The van der Waals surface area contributed by atoms with Crippen molar-refractivity contribution in [2.45, 2.75) is 12.7 Å². The predicted octanol–water partition coefficient (Wildman–Crippen LogP) is 2.31. The fraction of sp³-hybridized carbons (Fsp3) is 0.125. The molecule has 1 amide bonds. The zero-order valence-electron chi connectivity index (χ0n) is 12.3. The second-order valence-electron chi connectivity index (χ2n) is 5.26. The van der Waals surface area contributed by atoms with Crippen LogP contribution in [-0.4, -0.2) is 23.7 Å². The van der Waals surface area contributed by atoms with Crippen LogP contribution in [0.4, 0.5) is 13.2 Å². The second kappa shape index (κ2) is 6.03. The van der Waals surface area contributed by atoms with Gasteiger partial charge in [-0.2, -0.15) is 13.2 Å². The predicted molar refractivity (Wildman–Crippen MR) is 84.1 cm³/mol. The van der Waals surface area contributed by atoms with Gasteiger partial charge in [0.2, 0.25) is 0 Å². The maximum Gasteiger partial charge on any atom is 0.431 e. The number of aromatic amines is 1. The highest BCUT2D eigenvalue weighted by Crippen LogP contribution is 2.31. The van der Waals surface area contributed by atoms with Crippen LogP contribution in [0, 0.1) is 0 Å². The SMILES string of the molecule is [B]c1ccc(C(=O)NCc2ccc3[nH]c(C(F)(F)F)cc3c2)cn1. The Morgan fingerprint density at radius 1 is 1.21 bits per heavy atom.